The second kappa shape index (κ2) is 12.0. The Labute approximate surface area is 310 Å². The van der Waals surface area contributed by atoms with Crippen molar-refractivity contribution >= 4 is 75.8 Å². The third-order valence-electron chi connectivity index (χ3n) is 9.01. The highest BCUT2D eigenvalue weighted by Gasteiger charge is 2.29. The molecular formula is C38H10F10N4O2S2. The van der Waals surface area contributed by atoms with Gasteiger partial charge >= 0.3 is 0 Å². The zero-order valence-corrected chi connectivity index (χ0v) is 28.6. The number of rotatable bonds is 4. The van der Waals surface area contributed by atoms with Crippen LogP contribution < -0.4 is 0 Å². The van der Waals surface area contributed by atoms with E-state index in [1.54, 1.807) is 36.4 Å². The first-order valence-electron chi connectivity index (χ1n) is 15.8. The zero-order chi connectivity index (χ0) is 38.9. The van der Waals surface area contributed by atoms with Crippen LogP contribution in [-0.2, 0) is 0 Å². The highest BCUT2D eigenvalue weighted by Crippen LogP contribution is 2.41. The molecule has 0 aliphatic rings. The summed E-state index contributed by atoms with van der Waals surface area (Å²) in [5, 5.41) is 2.41. The second-order valence-corrected chi connectivity index (χ2v) is 14.5. The summed E-state index contributed by atoms with van der Waals surface area (Å²) in [6.07, 6.45) is 2.48. The largest absolute Gasteiger partial charge is 0.435 e. The minimum atomic E-state index is -2.27. The Morgan fingerprint density at radius 1 is 0.393 bits per heavy atom. The van der Waals surface area contributed by atoms with Gasteiger partial charge in [0.15, 0.2) is 57.7 Å². The molecule has 56 heavy (non-hydrogen) atoms. The Kier molecular flexibility index (Phi) is 7.34. The van der Waals surface area contributed by atoms with Gasteiger partial charge in [-0.3, -0.25) is 9.97 Å². The zero-order valence-electron chi connectivity index (χ0n) is 27.0. The van der Waals surface area contributed by atoms with Crippen LogP contribution in [0.15, 0.2) is 69.8 Å². The van der Waals surface area contributed by atoms with Crippen LogP contribution in [0.2, 0.25) is 0 Å². The number of fused-ring (bicyclic) bond motifs is 5. The number of thiophene rings is 2. The first-order valence-corrected chi connectivity index (χ1v) is 17.5. The summed E-state index contributed by atoms with van der Waals surface area (Å²) in [7, 11) is 0. The van der Waals surface area contributed by atoms with Crippen LogP contribution in [-0.4, -0.2) is 19.9 Å². The van der Waals surface area contributed by atoms with Crippen LogP contribution in [0.1, 0.15) is 0 Å². The van der Waals surface area contributed by atoms with Crippen molar-refractivity contribution in [2.75, 3.05) is 0 Å². The van der Waals surface area contributed by atoms with Crippen LogP contribution in [0, 0.1) is 58.2 Å². The van der Waals surface area contributed by atoms with E-state index < -0.39 is 80.7 Å². The van der Waals surface area contributed by atoms with Gasteiger partial charge in [0.1, 0.15) is 11.0 Å². The van der Waals surface area contributed by atoms with Crippen molar-refractivity contribution in [1.29, 1.82) is 0 Å². The summed E-state index contributed by atoms with van der Waals surface area (Å²) in [6.45, 7) is 0. The number of pyridine rings is 2. The van der Waals surface area contributed by atoms with E-state index in [4.69, 9.17) is 8.83 Å². The molecule has 0 aliphatic carbocycles. The van der Waals surface area contributed by atoms with E-state index in [0.29, 0.717) is 62.9 Å². The van der Waals surface area contributed by atoms with Gasteiger partial charge in [0.2, 0.25) is 23.4 Å². The molecule has 0 amide bonds. The molecule has 4 aromatic carbocycles. The molecule has 0 bridgehead atoms. The van der Waals surface area contributed by atoms with Gasteiger partial charge in [-0.2, -0.15) is 0 Å². The van der Waals surface area contributed by atoms with Crippen molar-refractivity contribution in [3.8, 4) is 44.1 Å². The average molecular weight is 809 g/mol. The summed E-state index contributed by atoms with van der Waals surface area (Å²) >= 11 is 2.20. The van der Waals surface area contributed by atoms with E-state index in [1.807, 2.05) is 0 Å². The lowest BCUT2D eigenvalue weighted by Gasteiger charge is -2.07. The number of aromatic nitrogens is 4. The maximum Gasteiger partial charge on any atom is 0.237 e. The van der Waals surface area contributed by atoms with Gasteiger partial charge in [-0.05, 0) is 59.3 Å². The number of oxazole rings is 2. The number of nitrogens with zero attached hydrogens (tertiary/aromatic N) is 4. The lowest BCUT2D eigenvalue weighted by Crippen LogP contribution is -2.04. The first kappa shape index (κ1) is 34.1. The highest BCUT2D eigenvalue weighted by atomic mass is 32.1. The fraction of sp³-hybridized carbons (Fsp3) is 0. The molecule has 10 aromatic rings. The highest BCUT2D eigenvalue weighted by molar-refractivity contribution is 7.22. The van der Waals surface area contributed by atoms with Gasteiger partial charge in [-0.25, -0.2) is 53.9 Å². The van der Waals surface area contributed by atoms with E-state index in [-0.39, 0.29) is 11.8 Å². The fourth-order valence-corrected chi connectivity index (χ4v) is 8.31. The summed E-state index contributed by atoms with van der Waals surface area (Å²) < 4.78 is 153. The van der Waals surface area contributed by atoms with Crippen molar-refractivity contribution in [1.82, 2.24) is 19.9 Å². The van der Waals surface area contributed by atoms with Crippen LogP contribution in [0.4, 0.5) is 43.9 Å². The van der Waals surface area contributed by atoms with Crippen molar-refractivity contribution in [2.24, 2.45) is 0 Å². The van der Waals surface area contributed by atoms with Gasteiger partial charge in [0, 0.05) is 32.6 Å². The molecular weight excluding hydrogens is 799 g/mol. The van der Waals surface area contributed by atoms with Crippen molar-refractivity contribution in [3.63, 3.8) is 0 Å². The minimum absolute atomic E-state index is 0.195. The maximum absolute atomic E-state index is 14.5. The normalized spacial score (nSPS) is 12.1. The van der Waals surface area contributed by atoms with E-state index in [9.17, 15) is 43.9 Å². The van der Waals surface area contributed by atoms with E-state index in [1.165, 1.54) is 24.5 Å². The van der Waals surface area contributed by atoms with Crippen molar-refractivity contribution in [3.05, 3.63) is 119 Å². The third kappa shape index (κ3) is 5.01. The van der Waals surface area contributed by atoms with Crippen molar-refractivity contribution in [2.45, 2.75) is 0 Å². The van der Waals surface area contributed by atoms with Gasteiger partial charge < -0.3 is 8.83 Å². The molecule has 0 unspecified atom stereocenters. The predicted octanol–water partition coefficient (Wildman–Crippen LogP) is 12.4. The summed E-state index contributed by atoms with van der Waals surface area (Å²) in [6, 6.07) is 12.7. The molecule has 0 aliphatic heterocycles. The standard InChI is InChI=1S/C38H10F10N4O2S2/c39-27-25(28(40)32(44)35(47)31(27)43)17-7-21-13(9-49-17)5-23(55-21)37-51-15-1-11-3-20-16(2-12(11)4-19(15)53-37)52-38(54-20)24-6-14-10-50-18(8-22(14)56-24)26-29(41)33(45)36(48)34(46)30(26)42/h1-10H. The van der Waals surface area contributed by atoms with E-state index in [2.05, 4.69) is 19.9 Å². The number of hydrogen-bond donors (Lipinski definition) is 0. The quantitative estimate of drug-likeness (QED) is 0.100. The third-order valence-corrected chi connectivity index (χ3v) is 11.2. The Morgan fingerprint density at radius 2 is 0.750 bits per heavy atom. The van der Waals surface area contributed by atoms with Crippen LogP contribution >= 0.6 is 22.7 Å². The SMILES string of the molecule is Fc1c(F)c(F)c(-c2cc3sc(-c4nc5cc6cc7oc(-c8cc9cnc(-c%10c(F)c(F)c(F)c(F)c%10F)cc9s8)nc7cc6cc5o4)cc3cn2)c(F)c1F. The minimum Gasteiger partial charge on any atom is -0.435 e. The smallest absolute Gasteiger partial charge is 0.237 e. The molecule has 6 nitrogen and oxygen atoms in total. The predicted molar refractivity (Wildman–Crippen MR) is 187 cm³/mol. The molecule has 276 valence electrons. The number of hydrogen-bond acceptors (Lipinski definition) is 8. The van der Waals surface area contributed by atoms with Crippen LogP contribution in [0.25, 0.3) is 97.2 Å². The van der Waals surface area contributed by atoms with Gasteiger partial charge in [0.25, 0.3) is 0 Å². The summed E-state index contributed by atoms with van der Waals surface area (Å²) in [5.41, 5.74) is -1.47. The van der Waals surface area contributed by atoms with Crippen LogP contribution in [0.5, 0.6) is 0 Å². The van der Waals surface area contributed by atoms with E-state index >= 15 is 0 Å². The molecule has 0 saturated heterocycles. The molecule has 0 atom stereocenters. The monoisotopic (exact) mass is 808 g/mol. The van der Waals surface area contributed by atoms with Crippen LogP contribution in [0.3, 0.4) is 0 Å². The second-order valence-electron chi connectivity index (χ2n) is 12.4. The summed E-state index contributed by atoms with van der Waals surface area (Å²) in [5.74, 6) is -20.5. The fourth-order valence-electron chi connectivity index (χ4n) is 6.32. The molecule has 6 heterocycles. The summed E-state index contributed by atoms with van der Waals surface area (Å²) in [4.78, 5) is 18.0. The Hall–Kier alpha value is -6.40. The molecule has 0 saturated carbocycles. The topological polar surface area (TPSA) is 77.8 Å². The number of halogens is 10. The molecule has 0 N–H and O–H groups in total. The molecule has 0 spiro atoms. The lowest BCUT2D eigenvalue weighted by molar-refractivity contribution is 0.381. The maximum atomic E-state index is 14.5. The molecule has 0 radical (unpaired) electrons. The van der Waals surface area contributed by atoms with E-state index in [0.717, 1.165) is 22.7 Å². The number of benzene rings is 4. The molecule has 18 heteroatoms. The molecule has 10 rings (SSSR count). The Balaban J connectivity index is 0.978. The van der Waals surface area contributed by atoms with Gasteiger partial charge in [-0.15, -0.1) is 22.7 Å². The van der Waals surface area contributed by atoms with Gasteiger partial charge in [0.05, 0.1) is 32.3 Å². The Morgan fingerprint density at radius 3 is 1.12 bits per heavy atom. The Bertz CT molecular complexity index is 3010. The van der Waals surface area contributed by atoms with Gasteiger partial charge in [-0.1, -0.05) is 0 Å². The first-order chi connectivity index (χ1) is 26.8. The molecule has 0 fully saturated rings. The average Bonchev–Trinajstić information content (AvgIpc) is 4.00. The van der Waals surface area contributed by atoms with Crippen molar-refractivity contribution < 1.29 is 52.7 Å². The lowest BCUT2D eigenvalue weighted by atomic mass is 10.1. The molecule has 6 aromatic heterocycles.